The summed E-state index contributed by atoms with van der Waals surface area (Å²) in [5, 5.41) is 79.7. The Kier molecular flexibility index (Phi) is 9.12. The summed E-state index contributed by atoms with van der Waals surface area (Å²) in [6, 6.07) is 0. The molecule has 264 valence electrons. The predicted octanol–water partition coefficient (Wildman–Crippen LogP) is 1.04. The lowest BCUT2D eigenvalue weighted by atomic mass is 9.42. The van der Waals surface area contributed by atoms with Crippen LogP contribution < -0.4 is 0 Å². The molecule has 5 fully saturated rings. The van der Waals surface area contributed by atoms with Crippen LogP contribution in [0.1, 0.15) is 92.4 Å². The van der Waals surface area contributed by atoms with Gasteiger partial charge in [-0.15, -0.1) is 0 Å². The van der Waals surface area contributed by atoms with E-state index < -0.39 is 95.0 Å². The van der Waals surface area contributed by atoms with E-state index in [4.69, 9.17) is 23.7 Å². The Balaban J connectivity index is 1.12. The Morgan fingerprint density at radius 1 is 0.913 bits per heavy atom. The van der Waals surface area contributed by atoms with Crippen molar-refractivity contribution in [1.82, 2.24) is 0 Å². The van der Waals surface area contributed by atoms with Gasteiger partial charge in [-0.1, -0.05) is 25.5 Å². The van der Waals surface area contributed by atoms with Crippen LogP contribution in [0.25, 0.3) is 0 Å². The van der Waals surface area contributed by atoms with E-state index in [2.05, 4.69) is 6.92 Å². The summed E-state index contributed by atoms with van der Waals surface area (Å²) in [6.07, 6.45) is -2.51. The molecule has 2 heterocycles. The van der Waals surface area contributed by atoms with Gasteiger partial charge in [0.25, 0.3) is 0 Å². The molecule has 6 aliphatic rings. The fraction of sp³-hybridized carbons (Fsp3) is 0.941. The topological polar surface area (TPSA) is 188 Å². The molecule has 17 atom stereocenters. The highest BCUT2D eigenvalue weighted by Gasteiger charge is 2.80. The van der Waals surface area contributed by atoms with Gasteiger partial charge in [-0.05, 0) is 71.1 Å². The summed E-state index contributed by atoms with van der Waals surface area (Å²) in [7, 11) is 1.54. The van der Waals surface area contributed by atoms with Crippen molar-refractivity contribution in [3.8, 4) is 0 Å². The highest BCUT2D eigenvalue weighted by Crippen LogP contribution is 2.70. The maximum atomic E-state index is 12.4. The Bertz CT molecular complexity index is 1150. The molecule has 46 heavy (non-hydrogen) atoms. The number of aliphatic hydroxyl groups excluding tert-OH is 4. The number of methoxy groups -OCH3 is 1. The van der Waals surface area contributed by atoms with Crippen LogP contribution in [0.3, 0.4) is 0 Å². The van der Waals surface area contributed by atoms with Gasteiger partial charge >= 0.3 is 0 Å². The van der Waals surface area contributed by atoms with E-state index in [-0.39, 0.29) is 38.2 Å². The summed E-state index contributed by atoms with van der Waals surface area (Å²) in [5.41, 5.74) is -6.04. The lowest BCUT2D eigenvalue weighted by Crippen LogP contribution is -2.78. The first-order chi connectivity index (χ1) is 21.4. The molecule has 0 aromatic rings. The Labute approximate surface area is 271 Å². The molecule has 12 heteroatoms. The fourth-order valence-electron chi connectivity index (χ4n) is 10.5. The van der Waals surface area contributed by atoms with Crippen molar-refractivity contribution >= 4 is 0 Å². The second-order valence-electron chi connectivity index (χ2n) is 15.7. The maximum absolute atomic E-state index is 12.4. The molecule has 0 bridgehead atoms. The van der Waals surface area contributed by atoms with Crippen molar-refractivity contribution < 1.29 is 59.4 Å². The molecule has 0 aromatic heterocycles. The first-order valence-corrected chi connectivity index (χ1v) is 17.2. The van der Waals surface area contributed by atoms with Crippen LogP contribution in [0.2, 0.25) is 0 Å². The first kappa shape index (κ1) is 35.1. The maximum Gasteiger partial charge on any atom is 0.161 e. The lowest BCUT2D eigenvalue weighted by molar-refractivity contribution is -0.327. The Hall–Kier alpha value is -0.740. The van der Waals surface area contributed by atoms with Gasteiger partial charge in [0.1, 0.15) is 29.0 Å². The molecule has 0 aromatic carbocycles. The van der Waals surface area contributed by atoms with Gasteiger partial charge in [-0.3, -0.25) is 0 Å². The van der Waals surface area contributed by atoms with E-state index in [1.54, 1.807) is 13.8 Å². The average molecular weight is 657 g/mol. The van der Waals surface area contributed by atoms with E-state index in [1.807, 2.05) is 13.0 Å². The number of fused-ring (bicyclic) bond motifs is 5. The number of hydrogen-bond donors (Lipinski definition) is 7. The zero-order chi connectivity index (χ0) is 33.6. The monoisotopic (exact) mass is 656 g/mol. The van der Waals surface area contributed by atoms with Crippen LogP contribution >= 0.6 is 0 Å². The molecule has 7 N–H and O–H groups in total. The summed E-state index contributed by atoms with van der Waals surface area (Å²) in [6.45, 7) is 8.75. The molecule has 6 rings (SSSR count). The minimum Gasteiger partial charge on any atom is -0.392 e. The van der Waals surface area contributed by atoms with Gasteiger partial charge in [-0.25, -0.2) is 0 Å². The largest absolute Gasteiger partial charge is 0.392 e. The first-order valence-electron chi connectivity index (χ1n) is 17.2. The normalized spacial score (nSPS) is 56.4. The fourth-order valence-corrected chi connectivity index (χ4v) is 10.5. The number of ether oxygens (including phenoxy) is 5. The van der Waals surface area contributed by atoms with Gasteiger partial charge < -0.3 is 59.4 Å². The third-order valence-corrected chi connectivity index (χ3v) is 13.6. The van der Waals surface area contributed by atoms with E-state index in [0.29, 0.717) is 25.7 Å². The molecule has 2 aliphatic heterocycles. The molecule has 0 radical (unpaired) electrons. The molecule has 4 aliphatic carbocycles. The predicted molar refractivity (Wildman–Crippen MR) is 163 cm³/mol. The standard InChI is InChI=1S/C34H56O12/c1-17-28(38)23(42-6)15-27(43-17)46-29-18(2)44-26(14-22(29)36)45-21-8-9-30(4)20(13-21)7-10-33(40)24(30)16-25(37)31(5)32(39,19(3)35)11-12-34(31,33)41/h7,17-19,21-29,35-41H,8-16H2,1-6H3/t17-,18-,19+,21+,22+,23+,24-,25-,26+,27+,28-,29-,30+,31-,32+,33+,34-/m1/s1. The molecule has 0 unspecified atom stereocenters. The molecule has 2 saturated heterocycles. The summed E-state index contributed by atoms with van der Waals surface area (Å²) < 4.78 is 29.9. The van der Waals surface area contributed by atoms with E-state index in [9.17, 15) is 35.7 Å². The minimum atomic E-state index is -1.79. The molecular formula is C34H56O12. The van der Waals surface area contributed by atoms with Crippen molar-refractivity contribution in [2.24, 2.45) is 16.7 Å². The molecule has 0 spiro atoms. The van der Waals surface area contributed by atoms with Gasteiger partial charge in [0.2, 0.25) is 0 Å². The molecular weight excluding hydrogens is 600 g/mol. The van der Waals surface area contributed by atoms with Crippen LogP contribution in [0.5, 0.6) is 0 Å². The lowest BCUT2D eigenvalue weighted by Gasteiger charge is -2.67. The second kappa shape index (κ2) is 11.9. The smallest absolute Gasteiger partial charge is 0.161 e. The van der Waals surface area contributed by atoms with Crippen molar-refractivity contribution in [2.75, 3.05) is 7.11 Å². The van der Waals surface area contributed by atoms with Crippen LogP contribution in [0, 0.1) is 16.7 Å². The molecule has 3 saturated carbocycles. The number of aliphatic hydroxyl groups is 7. The number of rotatable bonds is 6. The van der Waals surface area contributed by atoms with Gasteiger partial charge in [-0.2, -0.15) is 0 Å². The number of hydrogen-bond acceptors (Lipinski definition) is 12. The van der Waals surface area contributed by atoms with E-state index in [1.165, 1.54) is 14.0 Å². The van der Waals surface area contributed by atoms with Gasteiger partial charge in [0.05, 0.1) is 48.1 Å². The molecule has 12 nitrogen and oxygen atoms in total. The highest BCUT2D eigenvalue weighted by molar-refractivity contribution is 5.36. The van der Waals surface area contributed by atoms with Crippen LogP contribution in [0.4, 0.5) is 0 Å². The van der Waals surface area contributed by atoms with Crippen molar-refractivity contribution in [3.05, 3.63) is 11.6 Å². The molecule has 0 amide bonds. The van der Waals surface area contributed by atoms with Crippen molar-refractivity contribution in [3.63, 3.8) is 0 Å². The van der Waals surface area contributed by atoms with Gasteiger partial charge in [0.15, 0.2) is 12.6 Å². The zero-order valence-corrected chi connectivity index (χ0v) is 28.0. The third-order valence-electron chi connectivity index (χ3n) is 13.6. The summed E-state index contributed by atoms with van der Waals surface area (Å²) >= 11 is 0. The summed E-state index contributed by atoms with van der Waals surface area (Å²) in [4.78, 5) is 0. The van der Waals surface area contributed by atoms with E-state index >= 15 is 0 Å². The SMILES string of the molecule is CO[C@H]1C[C@H](O[C@H]2[C@@H](O)C[C@H](O[C@H]3CC[C@@]4(C)C(=CC[C@]5(O)[C@@H]4C[C@@H](O)[C@@]4(C)[C@]5(O)CC[C@]4(O)[C@H](C)O)C3)O[C@@H]2C)O[C@H](C)[C@H]1O. The Morgan fingerprint density at radius 3 is 2.24 bits per heavy atom. The van der Waals surface area contributed by atoms with Crippen LogP contribution in [0.15, 0.2) is 11.6 Å². The second-order valence-corrected chi connectivity index (χ2v) is 15.7. The zero-order valence-electron chi connectivity index (χ0n) is 28.0. The van der Waals surface area contributed by atoms with Crippen molar-refractivity contribution in [1.29, 1.82) is 0 Å². The van der Waals surface area contributed by atoms with Gasteiger partial charge in [0, 0.05) is 25.9 Å². The quantitative estimate of drug-likeness (QED) is 0.202. The average Bonchev–Trinajstić information content (AvgIpc) is 3.23. The highest BCUT2D eigenvalue weighted by atomic mass is 16.7. The van der Waals surface area contributed by atoms with E-state index in [0.717, 1.165) is 5.57 Å². The Morgan fingerprint density at radius 2 is 1.59 bits per heavy atom. The van der Waals surface area contributed by atoms with Crippen molar-refractivity contribution in [2.45, 2.75) is 177 Å². The third kappa shape index (κ3) is 4.92. The van der Waals surface area contributed by atoms with Crippen LogP contribution in [-0.2, 0) is 23.7 Å². The summed E-state index contributed by atoms with van der Waals surface area (Å²) in [5.74, 6) is -0.459. The van der Waals surface area contributed by atoms with Crippen LogP contribution in [-0.4, -0.2) is 127 Å². The minimum absolute atomic E-state index is 0.0744.